The van der Waals surface area contributed by atoms with E-state index >= 15 is 0 Å². The van der Waals surface area contributed by atoms with Gasteiger partial charge in [-0.1, -0.05) is 243 Å². The van der Waals surface area contributed by atoms with Gasteiger partial charge in [0.15, 0.2) is 0 Å². The van der Waals surface area contributed by atoms with Gasteiger partial charge in [0.25, 0.3) is 0 Å². The molecule has 4 nitrogen and oxygen atoms in total. The van der Waals surface area contributed by atoms with Crippen LogP contribution in [0.15, 0.2) is 400 Å². The summed E-state index contributed by atoms with van der Waals surface area (Å²) in [5, 5.41) is 5.21. The predicted octanol–water partition coefficient (Wildman–Crippen LogP) is 28.6. The zero-order valence-corrected chi connectivity index (χ0v) is 57.3. The lowest BCUT2D eigenvalue weighted by molar-refractivity contribution is 1.28. The lowest BCUT2D eigenvalue weighted by Gasteiger charge is -2.27. The van der Waals surface area contributed by atoms with E-state index in [2.05, 4.69) is 420 Å². The van der Waals surface area contributed by atoms with E-state index in [-0.39, 0.29) is 0 Å². The van der Waals surface area contributed by atoms with Crippen LogP contribution in [0, 0.1) is 0 Å². The van der Waals surface area contributed by atoms with Crippen LogP contribution in [0.2, 0.25) is 0 Å². The molecule has 482 valence electrons. The first-order chi connectivity index (χ1) is 50.6. The van der Waals surface area contributed by atoms with Crippen LogP contribution in [0.3, 0.4) is 0 Å². The molecule has 0 radical (unpaired) electrons. The maximum atomic E-state index is 2.37. The van der Waals surface area contributed by atoms with Crippen LogP contribution >= 0.6 is 22.7 Å². The fraction of sp³-hybridized carbons (Fsp3) is 0. The van der Waals surface area contributed by atoms with Crippen LogP contribution in [0.25, 0.3) is 96.0 Å². The topological polar surface area (TPSA) is 13.0 Å². The van der Waals surface area contributed by atoms with E-state index in [0.717, 1.165) is 102 Å². The second-order valence-electron chi connectivity index (χ2n) is 25.6. The molecule has 0 bridgehead atoms. The first-order valence-electron chi connectivity index (χ1n) is 34.6. The normalized spacial score (nSPS) is 11.3. The third kappa shape index (κ3) is 11.9. The van der Waals surface area contributed by atoms with E-state index in [1.807, 2.05) is 22.7 Å². The molecule has 18 aromatic rings. The lowest BCUT2D eigenvalue weighted by Crippen LogP contribution is -2.10. The standard InChI is InChI=1S/C96H66N4S2/c1-5-19-75(20-6-1)97(76-21-7-2-8-22-76)79-51-35-67(36-52-79)69-39-55-81(56-40-69)99(85-63-47-73(48-64-85)87-29-17-31-91-89-27-13-15-33-93(89)101-95(87)91)83-59-43-71(44-60-83)72-45-61-84(62-46-72)100(86-65-49-74(50-66-86)88-30-18-32-92-90-28-14-16-34-94(90)102-96(88)92)82-57-41-70(42-58-82)68-37-53-80(54-38-68)98(77-23-9-3-10-24-77)78-25-11-4-12-26-78/h1-66H. The number of benzene rings is 16. The number of hydrogen-bond donors (Lipinski definition) is 0. The van der Waals surface area contributed by atoms with Crippen molar-refractivity contribution < 1.29 is 0 Å². The molecule has 0 aliphatic carbocycles. The van der Waals surface area contributed by atoms with Crippen LogP contribution in [-0.4, -0.2) is 0 Å². The van der Waals surface area contributed by atoms with Gasteiger partial charge < -0.3 is 19.6 Å². The Balaban J connectivity index is 0.664. The highest BCUT2D eigenvalue weighted by Crippen LogP contribution is 2.46. The third-order valence-electron chi connectivity index (χ3n) is 19.5. The number of anilines is 12. The van der Waals surface area contributed by atoms with Crippen molar-refractivity contribution in [3.8, 4) is 55.6 Å². The van der Waals surface area contributed by atoms with E-state index in [0.29, 0.717) is 0 Å². The van der Waals surface area contributed by atoms with Crippen molar-refractivity contribution in [1.82, 2.24) is 0 Å². The Hall–Kier alpha value is -12.8. The molecular formula is C96H66N4S2. The van der Waals surface area contributed by atoms with Gasteiger partial charge in [-0.05, 0) is 213 Å². The minimum absolute atomic E-state index is 1.06. The van der Waals surface area contributed by atoms with E-state index in [9.17, 15) is 0 Å². The fourth-order valence-corrected chi connectivity index (χ4v) is 16.9. The van der Waals surface area contributed by atoms with Crippen LogP contribution in [-0.2, 0) is 0 Å². The summed E-state index contributed by atoms with van der Waals surface area (Å²) in [6, 6.07) is 145. The van der Waals surface area contributed by atoms with Crippen molar-refractivity contribution in [2.75, 3.05) is 19.6 Å². The van der Waals surface area contributed by atoms with Gasteiger partial charge in [-0.15, -0.1) is 22.7 Å². The maximum absolute atomic E-state index is 2.37. The van der Waals surface area contributed by atoms with Gasteiger partial charge in [0.2, 0.25) is 0 Å². The van der Waals surface area contributed by atoms with E-state index in [1.165, 1.54) is 62.6 Å². The summed E-state index contributed by atoms with van der Waals surface area (Å²) < 4.78 is 5.23. The fourth-order valence-electron chi connectivity index (χ4n) is 14.4. The molecule has 16 aromatic carbocycles. The first kappa shape index (κ1) is 61.5. The number of thiophene rings is 2. The van der Waals surface area contributed by atoms with Gasteiger partial charge in [-0.2, -0.15) is 0 Å². The van der Waals surface area contributed by atoms with Gasteiger partial charge in [0, 0.05) is 109 Å². The number of para-hydroxylation sites is 4. The Morgan fingerprint density at radius 1 is 0.137 bits per heavy atom. The van der Waals surface area contributed by atoms with Gasteiger partial charge in [-0.25, -0.2) is 0 Å². The molecule has 0 aliphatic heterocycles. The van der Waals surface area contributed by atoms with Gasteiger partial charge >= 0.3 is 0 Å². The van der Waals surface area contributed by atoms with Crippen LogP contribution in [0.1, 0.15) is 0 Å². The molecule has 0 spiro atoms. The van der Waals surface area contributed by atoms with Crippen molar-refractivity contribution in [2.45, 2.75) is 0 Å². The molecule has 2 aromatic heterocycles. The van der Waals surface area contributed by atoms with Crippen molar-refractivity contribution in [1.29, 1.82) is 0 Å². The summed E-state index contributed by atoms with van der Waals surface area (Å²) in [6.07, 6.45) is 0. The minimum atomic E-state index is 1.06. The molecule has 0 saturated heterocycles. The summed E-state index contributed by atoms with van der Waals surface area (Å²) in [5.41, 5.74) is 24.8. The number of nitrogens with zero attached hydrogens (tertiary/aromatic N) is 4. The predicted molar refractivity (Wildman–Crippen MR) is 438 cm³/mol. The van der Waals surface area contributed by atoms with Crippen LogP contribution < -0.4 is 19.6 Å². The second kappa shape index (κ2) is 27.1. The van der Waals surface area contributed by atoms with Gasteiger partial charge in [-0.3, -0.25) is 0 Å². The quantitative estimate of drug-likeness (QED) is 0.0901. The highest BCUT2D eigenvalue weighted by Gasteiger charge is 2.21. The average molecular weight is 1340 g/mol. The molecule has 102 heavy (non-hydrogen) atoms. The molecular weight excluding hydrogens is 1270 g/mol. The summed E-state index contributed by atoms with van der Waals surface area (Å²) in [4.78, 5) is 9.35. The average Bonchev–Trinajstić information content (AvgIpc) is 1.56. The molecule has 0 N–H and O–H groups in total. The zero-order valence-electron chi connectivity index (χ0n) is 55.7. The molecule has 0 atom stereocenters. The Morgan fingerprint density at radius 3 is 0.559 bits per heavy atom. The van der Waals surface area contributed by atoms with Crippen molar-refractivity contribution in [2.24, 2.45) is 0 Å². The highest BCUT2D eigenvalue weighted by molar-refractivity contribution is 7.26. The van der Waals surface area contributed by atoms with Crippen LogP contribution in [0.5, 0.6) is 0 Å². The summed E-state index contributed by atoms with van der Waals surface area (Å²) in [6.45, 7) is 0. The SMILES string of the molecule is c1ccc(N(c2ccccc2)c2ccc(-c3ccc(N(c4ccc(-c5ccc(N(c6ccc(-c7ccc(N(c8ccccc8)c8ccccc8)cc7)cc6)c6ccc(-c7cccc8c7sc7ccccc78)cc6)cc5)cc4)c4ccc(-c5cccc6c5sc5ccccc56)cc4)cc3)cc2)cc1. The molecule has 0 unspecified atom stereocenters. The first-order valence-corrected chi connectivity index (χ1v) is 36.2. The zero-order chi connectivity index (χ0) is 67.7. The molecule has 0 aliphatic rings. The Kier molecular flexibility index (Phi) is 16.3. The number of fused-ring (bicyclic) bond motifs is 6. The van der Waals surface area contributed by atoms with E-state index < -0.39 is 0 Å². The lowest BCUT2D eigenvalue weighted by atomic mass is 10.0. The minimum Gasteiger partial charge on any atom is -0.311 e. The maximum Gasteiger partial charge on any atom is 0.0462 e. The largest absolute Gasteiger partial charge is 0.311 e. The van der Waals surface area contributed by atoms with Gasteiger partial charge in [0.1, 0.15) is 0 Å². The Morgan fingerprint density at radius 2 is 0.324 bits per heavy atom. The molecule has 0 amide bonds. The third-order valence-corrected chi connectivity index (χ3v) is 21.9. The second-order valence-corrected chi connectivity index (χ2v) is 27.7. The smallest absolute Gasteiger partial charge is 0.0462 e. The molecule has 2 heterocycles. The molecule has 0 saturated carbocycles. The van der Waals surface area contributed by atoms with Crippen molar-refractivity contribution >= 4 is 131 Å². The van der Waals surface area contributed by atoms with Crippen LogP contribution in [0.4, 0.5) is 68.2 Å². The van der Waals surface area contributed by atoms with Crippen molar-refractivity contribution in [3.63, 3.8) is 0 Å². The van der Waals surface area contributed by atoms with E-state index in [1.54, 1.807) is 0 Å². The molecule has 0 fully saturated rings. The van der Waals surface area contributed by atoms with Gasteiger partial charge in [0.05, 0.1) is 0 Å². The Labute approximate surface area is 602 Å². The summed E-state index contributed by atoms with van der Waals surface area (Å²) in [7, 11) is 0. The Bertz CT molecular complexity index is 5480. The van der Waals surface area contributed by atoms with E-state index in [4.69, 9.17) is 0 Å². The molecule has 6 heteroatoms. The summed E-state index contributed by atoms with van der Waals surface area (Å²) >= 11 is 3.74. The number of rotatable bonds is 17. The monoisotopic (exact) mass is 1340 g/mol. The molecule has 18 rings (SSSR count). The highest BCUT2D eigenvalue weighted by atomic mass is 32.1. The van der Waals surface area contributed by atoms with Crippen molar-refractivity contribution in [3.05, 3.63) is 400 Å². The number of hydrogen-bond acceptors (Lipinski definition) is 6. The summed E-state index contributed by atoms with van der Waals surface area (Å²) in [5.74, 6) is 0.